The molecule has 1 N–H and O–H groups in total. The normalized spacial score (nSPS) is 19.8. The van der Waals surface area contributed by atoms with Gasteiger partial charge in [-0.2, -0.15) is 0 Å². The van der Waals surface area contributed by atoms with E-state index < -0.39 is 8.24 Å². The summed E-state index contributed by atoms with van der Waals surface area (Å²) in [4.78, 5) is 5.79. The van der Waals surface area contributed by atoms with Crippen molar-refractivity contribution >= 4 is 25.1 Å². The zero-order chi connectivity index (χ0) is 21.2. The number of fused-ring (bicyclic) bond motifs is 1. The van der Waals surface area contributed by atoms with E-state index in [0.29, 0.717) is 5.54 Å². The Kier molecular flexibility index (Phi) is 7.80. The minimum absolute atomic E-state index is 0.00920. The topological polar surface area (TPSA) is 21.3 Å². The van der Waals surface area contributed by atoms with Crippen LogP contribution in [0.5, 0.6) is 0 Å². The lowest BCUT2D eigenvalue weighted by Crippen LogP contribution is -2.60. The highest BCUT2D eigenvalue weighted by Gasteiger charge is 2.45. The second-order valence-corrected chi connectivity index (χ2v) is 16.0. The van der Waals surface area contributed by atoms with E-state index in [9.17, 15) is 0 Å². The van der Waals surface area contributed by atoms with Crippen LogP contribution in [0.4, 0.5) is 0 Å². The molecule has 2 atom stereocenters. The van der Waals surface area contributed by atoms with E-state index in [4.69, 9.17) is 4.74 Å². The molecule has 160 valence electrons. The summed E-state index contributed by atoms with van der Waals surface area (Å²) in [5, 5.41) is 2.29. The first-order valence-electron chi connectivity index (χ1n) is 11.0. The van der Waals surface area contributed by atoms with E-state index in [1.165, 1.54) is 42.9 Å². The number of nitrogens with one attached hydrogen (secondary N) is 1. The summed E-state index contributed by atoms with van der Waals surface area (Å²) in [6.45, 7) is 21.6. The van der Waals surface area contributed by atoms with Gasteiger partial charge in [-0.05, 0) is 90.4 Å². The molecular weight excluding hydrogens is 378 g/mol. The third-order valence-electron chi connectivity index (χ3n) is 5.81. The van der Waals surface area contributed by atoms with Crippen molar-refractivity contribution in [3.8, 4) is 0 Å². The maximum atomic E-state index is 5.87. The Balaban J connectivity index is 2.01. The van der Waals surface area contributed by atoms with Gasteiger partial charge in [-0.25, -0.2) is 0 Å². The molecule has 0 spiro atoms. The van der Waals surface area contributed by atoms with Crippen LogP contribution in [0.2, 0.25) is 12.6 Å². The van der Waals surface area contributed by atoms with E-state index in [1.807, 2.05) is 11.3 Å². The fraction of sp³-hybridized carbons (Fsp3) is 0.750. The molecule has 4 heteroatoms. The van der Waals surface area contributed by atoms with E-state index >= 15 is 0 Å². The predicted octanol–water partition coefficient (Wildman–Crippen LogP) is 7.52. The number of hydrogen-bond donors (Lipinski definition) is 1. The van der Waals surface area contributed by atoms with Crippen LogP contribution in [-0.2, 0) is 4.74 Å². The molecule has 0 aromatic carbocycles. The van der Waals surface area contributed by atoms with Crippen LogP contribution < -0.4 is 4.98 Å². The molecule has 1 aromatic heterocycles. The van der Waals surface area contributed by atoms with Crippen molar-refractivity contribution in [2.24, 2.45) is 0 Å². The summed E-state index contributed by atoms with van der Waals surface area (Å²) < 4.78 is 5.87. The highest BCUT2D eigenvalue weighted by atomic mass is 32.1. The lowest BCUT2D eigenvalue weighted by Gasteiger charge is -2.41. The summed E-state index contributed by atoms with van der Waals surface area (Å²) in [6, 6.07) is 3.68. The number of hydrogen-bond acceptors (Lipinski definition) is 3. The third-order valence-corrected chi connectivity index (χ3v) is 11.7. The largest absolute Gasteiger partial charge is 0.376 e. The van der Waals surface area contributed by atoms with Gasteiger partial charge in [0.15, 0.2) is 0 Å². The minimum atomic E-state index is -1.70. The summed E-state index contributed by atoms with van der Waals surface area (Å²) in [5.41, 5.74) is 5.44. The second-order valence-electron chi connectivity index (χ2n) is 10.9. The molecule has 2 nitrogen and oxygen atoms in total. The summed E-state index contributed by atoms with van der Waals surface area (Å²) in [5.74, 6) is 0. The number of ether oxygens (including phenoxy) is 1. The lowest BCUT2D eigenvalue weighted by molar-refractivity contribution is -0.00471. The van der Waals surface area contributed by atoms with Crippen LogP contribution in [0.15, 0.2) is 17.0 Å². The third kappa shape index (κ3) is 6.29. The van der Waals surface area contributed by atoms with E-state index in [2.05, 4.69) is 78.4 Å². The van der Waals surface area contributed by atoms with Gasteiger partial charge in [0.05, 0.1) is 5.60 Å². The van der Waals surface area contributed by atoms with E-state index in [1.54, 1.807) is 10.5 Å². The number of thiophene rings is 1. The molecule has 2 unspecified atom stereocenters. The van der Waals surface area contributed by atoms with Crippen LogP contribution in [0.1, 0.15) is 97.1 Å². The fourth-order valence-corrected chi connectivity index (χ4v) is 11.9. The van der Waals surface area contributed by atoms with Crippen molar-refractivity contribution in [2.45, 2.75) is 110 Å². The van der Waals surface area contributed by atoms with E-state index in [-0.39, 0.29) is 11.1 Å². The average Bonchev–Trinajstić information content (AvgIpc) is 3.07. The Morgan fingerprint density at radius 2 is 1.68 bits per heavy atom. The van der Waals surface area contributed by atoms with Crippen LogP contribution in [0, 0.1) is 0 Å². The molecule has 1 aromatic rings. The van der Waals surface area contributed by atoms with Gasteiger partial charge in [0, 0.05) is 22.6 Å². The molecule has 0 saturated carbocycles. The Morgan fingerprint density at radius 1 is 1.04 bits per heavy atom. The zero-order valence-electron chi connectivity index (χ0n) is 19.8. The number of allylic oxidation sites excluding steroid dienone is 2. The van der Waals surface area contributed by atoms with Gasteiger partial charge in [-0.3, -0.25) is 0 Å². The second kappa shape index (κ2) is 9.16. The quantitative estimate of drug-likeness (QED) is 0.329. The molecule has 0 bridgehead atoms. The van der Waals surface area contributed by atoms with E-state index in [0.717, 1.165) is 6.61 Å². The number of unbranched alkanes of at least 4 members (excludes halogenated alkanes) is 3. The fourth-order valence-electron chi connectivity index (χ4n) is 4.71. The highest BCUT2D eigenvalue weighted by molar-refractivity contribution is 7.11. The molecule has 1 aliphatic carbocycles. The van der Waals surface area contributed by atoms with Crippen molar-refractivity contribution in [1.29, 1.82) is 0 Å². The Morgan fingerprint density at radius 3 is 2.29 bits per heavy atom. The smallest absolute Gasteiger partial charge is 0.135 e. The molecule has 0 saturated heterocycles. The molecule has 0 amide bonds. The standard InChI is InChI=1S/C24H43NOSSi/c1-18-19(2)22(21-20(18)14-16-27-21)28(9,25-23(3,4)5)17-13-11-10-12-15-26-24(6,7)8/h14,16,22,25H,10-13,15,17H2,1-9H3. The van der Waals surface area contributed by atoms with Crippen molar-refractivity contribution in [3.05, 3.63) is 27.5 Å². The molecule has 2 rings (SSSR count). The summed E-state index contributed by atoms with van der Waals surface area (Å²) in [6.07, 6.45) is 5.09. The summed E-state index contributed by atoms with van der Waals surface area (Å²) in [7, 11) is -1.70. The van der Waals surface area contributed by atoms with Crippen LogP contribution >= 0.6 is 11.3 Å². The Hall–Kier alpha value is -0.423. The maximum Gasteiger partial charge on any atom is 0.135 e. The van der Waals surface area contributed by atoms with Crippen molar-refractivity contribution < 1.29 is 4.74 Å². The van der Waals surface area contributed by atoms with Gasteiger partial charge in [-0.15, -0.1) is 11.3 Å². The minimum Gasteiger partial charge on any atom is -0.376 e. The van der Waals surface area contributed by atoms with Gasteiger partial charge in [0.25, 0.3) is 0 Å². The molecule has 0 radical (unpaired) electrons. The summed E-state index contributed by atoms with van der Waals surface area (Å²) >= 11 is 1.97. The molecule has 1 aliphatic rings. The first-order chi connectivity index (χ1) is 12.8. The first kappa shape index (κ1) is 23.9. The van der Waals surface area contributed by atoms with Gasteiger partial charge in [0.2, 0.25) is 0 Å². The maximum absolute atomic E-state index is 5.87. The average molecular weight is 422 g/mol. The molecule has 0 aliphatic heterocycles. The molecule has 0 fully saturated rings. The lowest BCUT2D eigenvalue weighted by atomic mass is 10.1. The van der Waals surface area contributed by atoms with Gasteiger partial charge < -0.3 is 9.72 Å². The predicted molar refractivity (Wildman–Crippen MR) is 129 cm³/mol. The van der Waals surface area contributed by atoms with Crippen LogP contribution in [-0.4, -0.2) is 26.0 Å². The first-order valence-corrected chi connectivity index (χ1v) is 14.7. The van der Waals surface area contributed by atoms with Gasteiger partial charge >= 0.3 is 0 Å². The van der Waals surface area contributed by atoms with Gasteiger partial charge in [-0.1, -0.05) is 31.4 Å². The Bertz CT molecular complexity index is 680. The van der Waals surface area contributed by atoms with Crippen molar-refractivity contribution in [3.63, 3.8) is 0 Å². The highest BCUT2D eigenvalue weighted by Crippen LogP contribution is 2.49. The zero-order valence-corrected chi connectivity index (χ0v) is 21.6. The molecule has 28 heavy (non-hydrogen) atoms. The van der Waals surface area contributed by atoms with Gasteiger partial charge in [0.1, 0.15) is 8.24 Å². The Labute approximate surface area is 179 Å². The molecule has 1 heterocycles. The SMILES string of the molecule is CC1=C(C)C([Si](C)(CCCCCCOC(C)(C)C)NC(C)(C)C)c2sccc21. The van der Waals surface area contributed by atoms with Crippen molar-refractivity contribution in [1.82, 2.24) is 4.98 Å². The number of rotatable bonds is 9. The monoisotopic (exact) mass is 421 g/mol. The van der Waals surface area contributed by atoms with Crippen LogP contribution in [0.3, 0.4) is 0 Å². The molecular formula is C24H43NOSSi. The van der Waals surface area contributed by atoms with Crippen LogP contribution in [0.25, 0.3) is 5.57 Å². The van der Waals surface area contributed by atoms with Crippen molar-refractivity contribution in [2.75, 3.05) is 6.61 Å².